The third-order valence-corrected chi connectivity index (χ3v) is 5.11. The lowest BCUT2D eigenvalue weighted by atomic mass is 10.1. The Hall–Kier alpha value is -2.11. The fraction of sp³-hybridized carbons (Fsp3) is 0.278. The Labute approximate surface area is 139 Å². The van der Waals surface area contributed by atoms with Crippen molar-refractivity contribution < 1.29 is 0 Å². The summed E-state index contributed by atoms with van der Waals surface area (Å²) in [4.78, 5) is 18.6. The second-order valence-corrected chi connectivity index (χ2v) is 7.25. The van der Waals surface area contributed by atoms with E-state index in [4.69, 9.17) is 4.98 Å². The van der Waals surface area contributed by atoms with Crippen LogP contribution in [0.3, 0.4) is 0 Å². The Balaban J connectivity index is 1.52. The summed E-state index contributed by atoms with van der Waals surface area (Å²) in [5.41, 5.74) is 3.46. The predicted molar refractivity (Wildman–Crippen MR) is 92.1 cm³/mol. The summed E-state index contributed by atoms with van der Waals surface area (Å²) in [5.74, 6) is 0.800. The second-order valence-electron chi connectivity index (χ2n) is 5.87. The molecule has 3 aromatic heterocycles. The zero-order valence-corrected chi connectivity index (χ0v) is 13.9. The number of rotatable bonds is 3. The van der Waals surface area contributed by atoms with E-state index < -0.39 is 0 Å². The average molecular weight is 322 g/mol. The van der Waals surface area contributed by atoms with Crippen molar-refractivity contribution in [3.05, 3.63) is 63.9 Å². The molecule has 0 bridgehead atoms. The highest BCUT2D eigenvalue weighted by Crippen LogP contribution is 2.23. The van der Waals surface area contributed by atoms with Crippen molar-refractivity contribution in [3.8, 4) is 11.4 Å². The highest BCUT2D eigenvalue weighted by atomic mass is 32.1. The quantitative estimate of drug-likeness (QED) is 0.740. The van der Waals surface area contributed by atoms with Crippen molar-refractivity contribution in [2.75, 3.05) is 6.54 Å². The molecular weight excluding hydrogens is 304 g/mol. The van der Waals surface area contributed by atoms with E-state index in [-0.39, 0.29) is 0 Å². The molecule has 116 valence electrons. The lowest BCUT2D eigenvalue weighted by Crippen LogP contribution is -2.30. The maximum atomic E-state index is 4.77. The van der Waals surface area contributed by atoms with Crippen LogP contribution in [0.1, 0.15) is 21.0 Å². The van der Waals surface area contributed by atoms with Gasteiger partial charge < -0.3 is 0 Å². The van der Waals surface area contributed by atoms with Gasteiger partial charge in [0.1, 0.15) is 0 Å². The summed E-state index contributed by atoms with van der Waals surface area (Å²) in [6, 6.07) is 8.34. The van der Waals surface area contributed by atoms with Crippen LogP contribution in [0.15, 0.2) is 42.9 Å². The Bertz CT molecular complexity index is 813. The zero-order chi connectivity index (χ0) is 15.6. The molecular formula is C18H18N4S. The Morgan fingerprint density at radius 2 is 2.04 bits per heavy atom. The van der Waals surface area contributed by atoms with E-state index in [2.05, 4.69) is 33.9 Å². The monoisotopic (exact) mass is 322 g/mol. The molecule has 0 saturated heterocycles. The summed E-state index contributed by atoms with van der Waals surface area (Å²) in [7, 11) is 0. The lowest BCUT2D eigenvalue weighted by Gasteiger charge is -2.27. The van der Waals surface area contributed by atoms with E-state index in [1.54, 1.807) is 12.4 Å². The van der Waals surface area contributed by atoms with Crippen LogP contribution in [0.5, 0.6) is 0 Å². The number of aromatic nitrogens is 3. The molecule has 5 heteroatoms. The van der Waals surface area contributed by atoms with E-state index in [0.717, 1.165) is 37.4 Å². The molecule has 0 saturated carbocycles. The van der Waals surface area contributed by atoms with Gasteiger partial charge in [0.05, 0.1) is 5.69 Å². The lowest BCUT2D eigenvalue weighted by molar-refractivity contribution is 0.245. The Kier molecular flexibility index (Phi) is 3.89. The fourth-order valence-electron chi connectivity index (χ4n) is 2.94. The normalized spacial score (nSPS) is 14.7. The van der Waals surface area contributed by atoms with E-state index >= 15 is 0 Å². The van der Waals surface area contributed by atoms with Crippen molar-refractivity contribution >= 4 is 11.3 Å². The standard InChI is InChI=1S/C18H18N4S/c1-13-2-3-16(23-13)12-22-9-6-17-15(11-22)10-20-18(21-17)14-4-7-19-8-5-14/h2-5,7-8,10H,6,9,11-12H2,1H3. The first-order chi connectivity index (χ1) is 11.3. The average Bonchev–Trinajstić information content (AvgIpc) is 3.00. The number of thiophene rings is 1. The summed E-state index contributed by atoms with van der Waals surface area (Å²) in [5, 5.41) is 0. The third-order valence-electron chi connectivity index (χ3n) is 4.13. The topological polar surface area (TPSA) is 41.9 Å². The molecule has 4 rings (SSSR count). The van der Waals surface area contributed by atoms with Crippen LogP contribution in [-0.4, -0.2) is 26.4 Å². The van der Waals surface area contributed by atoms with E-state index in [9.17, 15) is 0 Å². The van der Waals surface area contributed by atoms with Crippen molar-refractivity contribution in [2.24, 2.45) is 0 Å². The smallest absolute Gasteiger partial charge is 0.159 e. The van der Waals surface area contributed by atoms with Gasteiger partial charge in [0.25, 0.3) is 0 Å². The van der Waals surface area contributed by atoms with Crippen LogP contribution in [0.4, 0.5) is 0 Å². The molecule has 0 amide bonds. The molecule has 0 atom stereocenters. The van der Waals surface area contributed by atoms with Gasteiger partial charge in [0.15, 0.2) is 5.82 Å². The Morgan fingerprint density at radius 1 is 1.17 bits per heavy atom. The van der Waals surface area contributed by atoms with Crippen molar-refractivity contribution in [1.82, 2.24) is 19.9 Å². The SMILES string of the molecule is Cc1ccc(CN2CCc3nc(-c4ccncc4)ncc3C2)s1. The van der Waals surface area contributed by atoms with E-state index in [1.165, 1.54) is 21.0 Å². The second kappa shape index (κ2) is 6.18. The number of pyridine rings is 1. The minimum atomic E-state index is 0.800. The third kappa shape index (κ3) is 3.16. The molecule has 4 nitrogen and oxygen atoms in total. The number of aryl methyl sites for hydroxylation is 1. The molecule has 0 aromatic carbocycles. The molecule has 0 unspecified atom stereocenters. The van der Waals surface area contributed by atoms with Gasteiger partial charge in [-0.2, -0.15) is 0 Å². The van der Waals surface area contributed by atoms with Crippen molar-refractivity contribution in [1.29, 1.82) is 0 Å². The first-order valence-corrected chi connectivity index (χ1v) is 8.62. The summed E-state index contributed by atoms with van der Waals surface area (Å²) in [6.45, 7) is 5.16. The first-order valence-electron chi connectivity index (χ1n) is 7.81. The van der Waals surface area contributed by atoms with Gasteiger partial charge in [-0.1, -0.05) is 0 Å². The van der Waals surface area contributed by atoms with Crippen LogP contribution in [0.25, 0.3) is 11.4 Å². The van der Waals surface area contributed by atoms with Crippen molar-refractivity contribution in [3.63, 3.8) is 0 Å². The summed E-state index contributed by atoms with van der Waals surface area (Å²) >= 11 is 1.88. The molecule has 4 heterocycles. The van der Waals surface area contributed by atoms with Crippen LogP contribution < -0.4 is 0 Å². The number of hydrogen-bond acceptors (Lipinski definition) is 5. The largest absolute Gasteiger partial charge is 0.293 e. The molecule has 3 aromatic rings. The van der Waals surface area contributed by atoms with Crippen LogP contribution >= 0.6 is 11.3 Å². The molecule has 0 radical (unpaired) electrons. The zero-order valence-electron chi connectivity index (χ0n) is 13.1. The Morgan fingerprint density at radius 3 is 2.83 bits per heavy atom. The molecule has 0 aliphatic carbocycles. The minimum Gasteiger partial charge on any atom is -0.293 e. The molecule has 0 spiro atoms. The maximum Gasteiger partial charge on any atom is 0.159 e. The number of nitrogens with zero attached hydrogens (tertiary/aromatic N) is 4. The molecule has 0 N–H and O–H groups in total. The summed E-state index contributed by atoms with van der Waals surface area (Å²) < 4.78 is 0. The van der Waals surface area contributed by atoms with E-state index in [0.29, 0.717) is 0 Å². The predicted octanol–water partition coefficient (Wildman–Crippen LogP) is 3.47. The molecule has 1 aliphatic rings. The first kappa shape index (κ1) is 14.5. The minimum absolute atomic E-state index is 0.800. The van der Waals surface area contributed by atoms with Crippen LogP contribution in [0.2, 0.25) is 0 Å². The highest BCUT2D eigenvalue weighted by Gasteiger charge is 2.19. The maximum absolute atomic E-state index is 4.77. The highest BCUT2D eigenvalue weighted by molar-refractivity contribution is 7.11. The van der Waals surface area contributed by atoms with Gasteiger partial charge >= 0.3 is 0 Å². The van der Waals surface area contributed by atoms with Gasteiger partial charge in [-0.05, 0) is 31.2 Å². The van der Waals surface area contributed by atoms with Gasteiger partial charge in [0, 0.05) is 65.5 Å². The number of hydrogen-bond donors (Lipinski definition) is 0. The van der Waals surface area contributed by atoms with Crippen LogP contribution in [0, 0.1) is 6.92 Å². The molecule has 0 fully saturated rings. The van der Waals surface area contributed by atoms with Gasteiger partial charge in [-0.15, -0.1) is 11.3 Å². The van der Waals surface area contributed by atoms with Crippen LogP contribution in [-0.2, 0) is 19.5 Å². The number of fused-ring (bicyclic) bond motifs is 1. The molecule has 23 heavy (non-hydrogen) atoms. The molecule has 1 aliphatic heterocycles. The van der Waals surface area contributed by atoms with E-state index in [1.807, 2.05) is 29.7 Å². The fourth-order valence-corrected chi connectivity index (χ4v) is 3.87. The van der Waals surface area contributed by atoms with Gasteiger partial charge in [-0.25, -0.2) is 9.97 Å². The van der Waals surface area contributed by atoms with Gasteiger partial charge in [-0.3, -0.25) is 9.88 Å². The summed E-state index contributed by atoms with van der Waals surface area (Å²) in [6.07, 6.45) is 6.54. The van der Waals surface area contributed by atoms with Gasteiger partial charge in [0.2, 0.25) is 0 Å². The van der Waals surface area contributed by atoms with Crippen molar-refractivity contribution in [2.45, 2.75) is 26.4 Å².